The van der Waals surface area contributed by atoms with Crippen LogP contribution in [0, 0.1) is 5.92 Å². The first-order chi connectivity index (χ1) is 7.64. The second kappa shape index (κ2) is 5.00. The second-order valence-corrected chi connectivity index (χ2v) is 6.85. The van der Waals surface area contributed by atoms with Crippen molar-refractivity contribution in [2.75, 3.05) is 32.8 Å². The fourth-order valence-electron chi connectivity index (χ4n) is 2.38. The first-order valence-electron chi connectivity index (χ1n) is 5.91. The van der Waals surface area contributed by atoms with Crippen LogP contribution < -0.4 is 5.73 Å². The Labute approximate surface area is 97.0 Å². The summed E-state index contributed by atoms with van der Waals surface area (Å²) in [6.07, 6.45) is 2.47. The quantitative estimate of drug-likeness (QED) is 0.749. The molecule has 2 rings (SSSR count). The Kier molecular flexibility index (Phi) is 3.84. The number of sulfonamides is 1. The van der Waals surface area contributed by atoms with Crippen molar-refractivity contribution >= 4 is 10.0 Å². The van der Waals surface area contributed by atoms with E-state index in [0.717, 1.165) is 19.3 Å². The summed E-state index contributed by atoms with van der Waals surface area (Å²) in [4.78, 5) is 0. The molecule has 2 atom stereocenters. The van der Waals surface area contributed by atoms with E-state index in [1.165, 1.54) is 0 Å². The molecule has 6 heteroatoms. The second-order valence-electron chi connectivity index (χ2n) is 4.63. The third-order valence-corrected chi connectivity index (χ3v) is 5.75. The lowest BCUT2D eigenvalue weighted by atomic mass is 10.1. The van der Waals surface area contributed by atoms with Gasteiger partial charge >= 0.3 is 0 Å². The average molecular weight is 248 g/mol. The fraction of sp³-hybridized carbons (Fsp3) is 1.00. The van der Waals surface area contributed by atoms with Gasteiger partial charge in [0.25, 0.3) is 0 Å². The lowest BCUT2D eigenvalue weighted by Crippen LogP contribution is -2.41. The van der Waals surface area contributed by atoms with E-state index in [4.69, 9.17) is 10.5 Å². The highest BCUT2D eigenvalue weighted by atomic mass is 32.2. The van der Waals surface area contributed by atoms with Gasteiger partial charge in [-0.25, -0.2) is 12.7 Å². The zero-order valence-corrected chi connectivity index (χ0v) is 10.3. The Hall–Kier alpha value is -0.170. The molecule has 0 saturated carbocycles. The molecule has 2 N–H and O–H groups in total. The summed E-state index contributed by atoms with van der Waals surface area (Å²) >= 11 is 0. The maximum absolute atomic E-state index is 12.3. The van der Waals surface area contributed by atoms with E-state index < -0.39 is 10.0 Å². The number of hydrogen-bond acceptors (Lipinski definition) is 4. The lowest BCUT2D eigenvalue weighted by molar-refractivity contribution is 0.0977. The molecule has 0 spiro atoms. The summed E-state index contributed by atoms with van der Waals surface area (Å²) in [5.41, 5.74) is 5.57. The minimum atomic E-state index is -3.15. The van der Waals surface area contributed by atoms with Crippen molar-refractivity contribution < 1.29 is 13.2 Å². The van der Waals surface area contributed by atoms with Gasteiger partial charge in [-0.3, -0.25) is 0 Å². The summed E-state index contributed by atoms with van der Waals surface area (Å²) in [6.45, 7) is 2.84. The van der Waals surface area contributed by atoms with Crippen LogP contribution >= 0.6 is 0 Å². The number of ether oxygens (including phenoxy) is 1. The van der Waals surface area contributed by atoms with Crippen LogP contribution in [0.3, 0.4) is 0 Å². The SMILES string of the molecule is NCC1CCN(S(=O)(=O)C2CCCOC2)C1. The van der Waals surface area contributed by atoms with Crippen LogP contribution in [0.4, 0.5) is 0 Å². The highest BCUT2D eigenvalue weighted by Gasteiger charge is 2.37. The summed E-state index contributed by atoms with van der Waals surface area (Å²) in [5, 5.41) is -0.335. The number of nitrogens with zero attached hydrogens (tertiary/aromatic N) is 1. The monoisotopic (exact) mass is 248 g/mol. The highest BCUT2D eigenvalue weighted by molar-refractivity contribution is 7.89. The molecule has 5 nitrogen and oxygen atoms in total. The van der Waals surface area contributed by atoms with E-state index in [9.17, 15) is 8.42 Å². The van der Waals surface area contributed by atoms with Crippen molar-refractivity contribution in [3.63, 3.8) is 0 Å². The van der Waals surface area contributed by atoms with E-state index in [2.05, 4.69) is 0 Å². The molecule has 2 unspecified atom stereocenters. The first-order valence-corrected chi connectivity index (χ1v) is 7.41. The third kappa shape index (κ3) is 2.40. The molecule has 0 amide bonds. The molecule has 2 heterocycles. The smallest absolute Gasteiger partial charge is 0.219 e. The van der Waals surface area contributed by atoms with E-state index in [-0.39, 0.29) is 5.25 Å². The molecule has 2 aliphatic heterocycles. The van der Waals surface area contributed by atoms with Gasteiger partial charge in [-0.1, -0.05) is 0 Å². The molecule has 2 fully saturated rings. The molecular formula is C10H20N2O3S. The van der Waals surface area contributed by atoms with E-state index in [1.54, 1.807) is 4.31 Å². The predicted octanol–water partition coefficient (Wildman–Crippen LogP) is -0.224. The van der Waals surface area contributed by atoms with Crippen LogP contribution in [-0.4, -0.2) is 50.8 Å². The maximum Gasteiger partial charge on any atom is 0.219 e. The molecule has 0 aliphatic carbocycles. The van der Waals surface area contributed by atoms with Crippen LogP contribution in [0.1, 0.15) is 19.3 Å². The lowest BCUT2D eigenvalue weighted by Gasteiger charge is -2.27. The number of rotatable bonds is 3. The van der Waals surface area contributed by atoms with Crippen molar-refractivity contribution in [1.82, 2.24) is 4.31 Å². The Morgan fingerprint density at radius 3 is 2.75 bits per heavy atom. The highest BCUT2D eigenvalue weighted by Crippen LogP contribution is 2.24. The van der Waals surface area contributed by atoms with Crippen molar-refractivity contribution in [3.05, 3.63) is 0 Å². The van der Waals surface area contributed by atoms with Gasteiger partial charge in [0.2, 0.25) is 10.0 Å². The molecule has 94 valence electrons. The van der Waals surface area contributed by atoms with Crippen molar-refractivity contribution in [3.8, 4) is 0 Å². The van der Waals surface area contributed by atoms with E-state index >= 15 is 0 Å². The summed E-state index contributed by atoms with van der Waals surface area (Å²) in [5.74, 6) is 0.333. The van der Waals surface area contributed by atoms with Gasteiger partial charge < -0.3 is 10.5 Å². The third-order valence-electron chi connectivity index (χ3n) is 3.48. The van der Waals surface area contributed by atoms with Crippen molar-refractivity contribution in [1.29, 1.82) is 0 Å². The molecule has 0 aromatic heterocycles. The largest absolute Gasteiger partial charge is 0.380 e. The molecule has 0 radical (unpaired) electrons. The Morgan fingerprint density at radius 1 is 1.38 bits per heavy atom. The molecule has 0 bridgehead atoms. The molecular weight excluding hydrogens is 228 g/mol. The topological polar surface area (TPSA) is 72.6 Å². The summed E-state index contributed by atoms with van der Waals surface area (Å²) < 4.78 is 31.4. The summed E-state index contributed by atoms with van der Waals surface area (Å²) in [6, 6.07) is 0. The van der Waals surface area contributed by atoms with E-state index in [1.807, 2.05) is 0 Å². The first kappa shape index (κ1) is 12.3. The van der Waals surface area contributed by atoms with Gasteiger partial charge in [0.1, 0.15) is 0 Å². The van der Waals surface area contributed by atoms with E-state index in [0.29, 0.717) is 38.8 Å². The zero-order valence-electron chi connectivity index (χ0n) is 9.47. The fourth-order valence-corrected chi connectivity index (χ4v) is 4.31. The van der Waals surface area contributed by atoms with Gasteiger partial charge in [-0.15, -0.1) is 0 Å². The predicted molar refractivity (Wildman–Crippen MR) is 61.5 cm³/mol. The van der Waals surface area contributed by atoms with Gasteiger partial charge in [-0.05, 0) is 31.7 Å². The molecule has 2 aliphatic rings. The molecule has 0 aromatic carbocycles. The normalized spacial score (nSPS) is 33.1. The minimum absolute atomic E-state index is 0.333. The Morgan fingerprint density at radius 2 is 2.19 bits per heavy atom. The van der Waals surface area contributed by atoms with Gasteiger partial charge in [0.05, 0.1) is 11.9 Å². The van der Waals surface area contributed by atoms with Crippen LogP contribution in [0.25, 0.3) is 0 Å². The van der Waals surface area contributed by atoms with Crippen molar-refractivity contribution in [2.45, 2.75) is 24.5 Å². The van der Waals surface area contributed by atoms with Gasteiger partial charge in [0.15, 0.2) is 0 Å². The maximum atomic E-state index is 12.3. The minimum Gasteiger partial charge on any atom is -0.380 e. The van der Waals surface area contributed by atoms with Gasteiger partial charge in [0, 0.05) is 19.7 Å². The Balaban J connectivity index is 2.01. The van der Waals surface area contributed by atoms with Gasteiger partial charge in [-0.2, -0.15) is 0 Å². The van der Waals surface area contributed by atoms with Crippen LogP contribution in [0.2, 0.25) is 0 Å². The molecule has 16 heavy (non-hydrogen) atoms. The van der Waals surface area contributed by atoms with Crippen LogP contribution in [0.5, 0.6) is 0 Å². The zero-order chi connectivity index (χ0) is 11.6. The average Bonchev–Trinajstić information content (AvgIpc) is 2.79. The number of nitrogens with two attached hydrogens (primary N) is 1. The Bertz CT molecular complexity index is 325. The van der Waals surface area contributed by atoms with Crippen LogP contribution in [0.15, 0.2) is 0 Å². The van der Waals surface area contributed by atoms with Crippen molar-refractivity contribution in [2.24, 2.45) is 11.7 Å². The standard InChI is InChI=1S/C10H20N2O3S/c11-6-9-3-4-12(7-9)16(13,14)10-2-1-5-15-8-10/h9-10H,1-8,11H2. The molecule has 0 aromatic rings. The number of hydrogen-bond donors (Lipinski definition) is 1. The van der Waals surface area contributed by atoms with Crippen LogP contribution in [-0.2, 0) is 14.8 Å². The molecule has 2 saturated heterocycles. The summed E-state index contributed by atoms with van der Waals surface area (Å²) in [7, 11) is -3.15.